The summed E-state index contributed by atoms with van der Waals surface area (Å²) in [5.41, 5.74) is -0.0418. The van der Waals surface area contributed by atoms with E-state index in [0.29, 0.717) is 6.61 Å². The van der Waals surface area contributed by atoms with E-state index in [1.165, 1.54) is 0 Å². The number of methoxy groups -OCH3 is 2. The third-order valence-corrected chi connectivity index (χ3v) is 2.78. The number of ether oxygens (including phenoxy) is 2. The zero-order valence-corrected chi connectivity index (χ0v) is 11.1. The molecule has 0 fully saturated rings. The van der Waals surface area contributed by atoms with E-state index in [4.69, 9.17) is 21.1 Å². The predicted octanol–water partition coefficient (Wildman–Crippen LogP) is 2.04. The Hall–Kier alpha value is 0.170. The summed E-state index contributed by atoms with van der Waals surface area (Å²) in [5.74, 6) is 0. The van der Waals surface area contributed by atoms with Crippen LogP contribution in [-0.4, -0.2) is 44.9 Å². The lowest BCUT2D eigenvalue weighted by Gasteiger charge is -2.22. The number of nitrogens with one attached hydrogen (secondary N) is 1. The van der Waals surface area contributed by atoms with Crippen LogP contribution in [0.3, 0.4) is 0 Å². The lowest BCUT2D eigenvalue weighted by molar-refractivity contribution is 0.0159. The number of alkyl halides is 1. The fourth-order valence-corrected chi connectivity index (χ4v) is 1.37. The Morgan fingerprint density at radius 1 is 1.27 bits per heavy atom. The highest BCUT2D eigenvalue weighted by Gasteiger charge is 2.14. The highest BCUT2D eigenvalue weighted by atomic mass is 35.5. The van der Waals surface area contributed by atoms with E-state index in [0.717, 1.165) is 25.9 Å². The maximum Gasteiger partial charge on any atom is 0.0634 e. The van der Waals surface area contributed by atoms with Crippen LogP contribution < -0.4 is 5.32 Å². The largest absolute Gasteiger partial charge is 0.383 e. The summed E-state index contributed by atoms with van der Waals surface area (Å²) in [5, 5.41) is 3.45. The molecule has 1 atom stereocenters. The molecule has 0 aliphatic carbocycles. The standard InChI is InChI=1S/C11H24ClNO2/c1-11(2,15-4)6-8-13-7-5-10(12)9-14-3/h10,13H,5-9H2,1-4H3. The van der Waals surface area contributed by atoms with Gasteiger partial charge in [0.1, 0.15) is 0 Å². The monoisotopic (exact) mass is 237 g/mol. The van der Waals surface area contributed by atoms with E-state index >= 15 is 0 Å². The summed E-state index contributed by atoms with van der Waals surface area (Å²) in [6.45, 7) is 6.68. The van der Waals surface area contributed by atoms with Crippen LogP contribution in [0, 0.1) is 0 Å². The predicted molar refractivity (Wildman–Crippen MR) is 64.7 cm³/mol. The van der Waals surface area contributed by atoms with Crippen LogP contribution in [-0.2, 0) is 9.47 Å². The zero-order chi connectivity index (χ0) is 11.7. The lowest BCUT2D eigenvalue weighted by Crippen LogP contribution is -2.30. The molecule has 0 amide bonds. The van der Waals surface area contributed by atoms with Crippen molar-refractivity contribution in [3.05, 3.63) is 0 Å². The van der Waals surface area contributed by atoms with E-state index in [1.807, 2.05) is 0 Å². The van der Waals surface area contributed by atoms with Crippen molar-refractivity contribution in [3.63, 3.8) is 0 Å². The Balaban J connectivity index is 3.32. The highest BCUT2D eigenvalue weighted by molar-refractivity contribution is 6.20. The van der Waals surface area contributed by atoms with Crippen molar-refractivity contribution in [1.82, 2.24) is 5.32 Å². The molecule has 0 saturated heterocycles. The van der Waals surface area contributed by atoms with E-state index < -0.39 is 0 Å². The van der Waals surface area contributed by atoms with Gasteiger partial charge < -0.3 is 14.8 Å². The molecule has 1 N–H and O–H groups in total. The molecular weight excluding hydrogens is 214 g/mol. The van der Waals surface area contributed by atoms with Gasteiger partial charge in [-0.3, -0.25) is 0 Å². The van der Waals surface area contributed by atoms with E-state index in [1.54, 1.807) is 14.2 Å². The molecule has 1 unspecified atom stereocenters. The van der Waals surface area contributed by atoms with Crippen LogP contribution in [0.25, 0.3) is 0 Å². The van der Waals surface area contributed by atoms with Gasteiger partial charge in [-0.15, -0.1) is 11.6 Å². The van der Waals surface area contributed by atoms with E-state index in [-0.39, 0.29) is 11.0 Å². The Kier molecular flexibility index (Phi) is 8.43. The number of hydrogen-bond donors (Lipinski definition) is 1. The van der Waals surface area contributed by atoms with Crippen molar-refractivity contribution in [2.24, 2.45) is 0 Å². The summed E-state index contributed by atoms with van der Waals surface area (Å²) in [7, 11) is 3.41. The first-order valence-electron chi connectivity index (χ1n) is 5.40. The molecule has 0 aromatic carbocycles. The van der Waals surface area contributed by atoms with Crippen molar-refractivity contribution >= 4 is 11.6 Å². The third-order valence-electron chi connectivity index (χ3n) is 2.44. The molecule has 0 aromatic heterocycles. The molecule has 15 heavy (non-hydrogen) atoms. The first-order valence-corrected chi connectivity index (χ1v) is 5.84. The van der Waals surface area contributed by atoms with Gasteiger partial charge in [0.05, 0.1) is 17.6 Å². The van der Waals surface area contributed by atoms with Gasteiger partial charge in [-0.2, -0.15) is 0 Å². The minimum atomic E-state index is -0.0418. The highest BCUT2D eigenvalue weighted by Crippen LogP contribution is 2.11. The number of hydrogen-bond acceptors (Lipinski definition) is 3. The average molecular weight is 238 g/mol. The van der Waals surface area contributed by atoms with Crippen LogP contribution in [0.4, 0.5) is 0 Å². The minimum Gasteiger partial charge on any atom is -0.383 e. The molecule has 0 saturated carbocycles. The Morgan fingerprint density at radius 3 is 2.47 bits per heavy atom. The molecule has 0 radical (unpaired) electrons. The maximum atomic E-state index is 5.99. The molecule has 0 aliphatic rings. The van der Waals surface area contributed by atoms with Crippen LogP contribution in [0.5, 0.6) is 0 Å². The second-order valence-electron chi connectivity index (χ2n) is 4.31. The Bertz CT molecular complexity index is 154. The van der Waals surface area contributed by atoms with Crippen LogP contribution >= 0.6 is 11.6 Å². The number of halogens is 1. The van der Waals surface area contributed by atoms with Gasteiger partial charge in [0, 0.05) is 14.2 Å². The quantitative estimate of drug-likeness (QED) is 0.492. The van der Waals surface area contributed by atoms with Gasteiger partial charge in [-0.25, -0.2) is 0 Å². The molecule has 0 aliphatic heterocycles. The normalized spacial score (nSPS) is 14.2. The third kappa shape index (κ3) is 9.12. The topological polar surface area (TPSA) is 30.5 Å². The second kappa shape index (κ2) is 8.34. The summed E-state index contributed by atoms with van der Waals surface area (Å²) in [4.78, 5) is 0. The molecule has 0 heterocycles. The molecule has 0 bridgehead atoms. The van der Waals surface area contributed by atoms with Gasteiger partial charge in [-0.05, 0) is 39.8 Å². The Morgan fingerprint density at radius 2 is 1.93 bits per heavy atom. The van der Waals surface area contributed by atoms with Crippen molar-refractivity contribution in [2.75, 3.05) is 33.9 Å². The van der Waals surface area contributed by atoms with Crippen molar-refractivity contribution in [1.29, 1.82) is 0 Å². The summed E-state index contributed by atoms with van der Waals surface area (Å²) >= 11 is 5.99. The molecule has 0 spiro atoms. The van der Waals surface area contributed by atoms with Crippen molar-refractivity contribution in [3.8, 4) is 0 Å². The van der Waals surface area contributed by atoms with Crippen LogP contribution in [0.1, 0.15) is 26.7 Å². The summed E-state index contributed by atoms with van der Waals surface area (Å²) in [6.07, 6.45) is 1.93. The average Bonchev–Trinajstić information content (AvgIpc) is 2.17. The van der Waals surface area contributed by atoms with Gasteiger partial charge in [0.25, 0.3) is 0 Å². The van der Waals surface area contributed by atoms with Crippen molar-refractivity contribution in [2.45, 2.75) is 37.7 Å². The van der Waals surface area contributed by atoms with Gasteiger partial charge >= 0.3 is 0 Å². The van der Waals surface area contributed by atoms with Gasteiger partial charge in [-0.1, -0.05) is 0 Å². The van der Waals surface area contributed by atoms with E-state index in [9.17, 15) is 0 Å². The van der Waals surface area contributed by atoms with E-state index in [2.05, 4.69) is 19.2 Å². The second-order valence-corrected chi connectivity index (χ2v) is 4.92. The molecule has 3 nitrogen and oxygen atoms in total. The molecule has 0 rings (SSSR count). The zero-order valence-electron chi connectivity index (χ0n) is 10.3. The number of rotatable bonds is 9. The van der Waals surface area contributed by atoms with Gasteiger partial charge in [0.2, 0.25) is 0 Å². The fourth-order valence-electron chi connectivity index (χ4n) is 1.14. The van der Waals surface area contributed by atoms with Gasteiger partial charge in [0.15, 0.2) is 0 Å². The first-order chi connectivity index (χ1) is 7.02. The van der Waals surface area contributed by atoms with Crippen LogP contribution in [0.2, 0.25) is 0 Å². The molecule has 0 aromatic rings. The molecule has 4 heteroatoms. The summed E-state index contributed by atoms with van der Waals surface area (Å²) < 4.78 is 10.3. The maximum absolute atomic E-state index is 5.99. The lowest BCUT2D eigenvalue weighted by atomic mass is 10.1. The SMILES string of the molecule is COCC(Cl)CCNCCC(C)(C)OC. The van der Waals surface area contributed by atoms with Crippen molar-refractivity contribution < 1.29 is 9.47 Å². The molecular formula is C11H24ClNO2. The fraction of sp³-hybridized carbons (Fsp3) is 1.00. The Labute approximate surface area is 98.5 Å². The minimum absolute atomic E-state index is 0.0418. The van der Waals surface area contributed by atoms with Crippen LogP contribution in [0.15, 0.2) is 0 Å². The molecule has 92 valence electrons. The first kappa shape index (κ1) is 15.2. The smallest absolute Gasteiger partial charge is 0.0634 e. The summed E-state index contributed by atoms with van der Waals surface area (Å²) in [6, 6.07) is 0.